The van der Waals surface area contributed by atoms with Gasteiger partial charge in [0, 0.05) is 30.8 Å². The Morgan fingerprint density at radius 3 is 2.58 bits per heavy atom. The minimum atomic E-state index is -0.0962. The molecular formula is C18H31N3O2S. The first-order chi connectivity index (χ1) is 11.5. The highest BCUT2D eigenvalue weighted by Crippen LogP contribution is 2.40. The van der Waals surface area contributed by atoms with Crippen molar-refractivity contribution in [2.24, 2.45) is 5.92 Å². The van der Waals surface area contributed by atoms with Crippen LogP contribution in [0.25, 0.3) is 0 Å². The summed E-state index contributed by atoms with van der Waals surface area (Å²) in [6.07, 6.45) is 7.41. The van der Waals surface area contributed by atoms with Gasteiger partial charge in [0.1, 0.15) is 0 Å². The monoisotopic (exact) mass is 353 g/mol. The molecule has 2 atom stereocenters. The third kappa shape index (κ3) is 3.90. The number of piperidine rings is 1. The molecule has 2 unspecified atom stereocenters. The lowest BCUT2D eigenvalue weighted by Crippen LogP contribution is -2.55. The number of hydrogen-bond acceptors (Lipinski definition) is 4. The van der Waals surface area contributed by atoms with E-state index in [-0.39, 0.29) is 28.8 Å². The van der Waals surface area contributed by atoms with Crippen molar-refractivity contribution >= 4 is 23.6 Å². The number of nitrogens with zero attached hydrogens (tertiary/aromatic N) is 1. The van der Waals surface area contributed by atoms with Gasteiger partial charge < -0.3 is 10.2 Å². The van der Waals surface area contributed by atoms with Crippen LogP contribution in [-0.2, 0) is 9.59 Å². The SMILES string of the molecule is CCC(C)NC(=O)C1CSC2(CCN(C(=O)C3CCCC3)CC2)N1. The molecule has 2 heterocycles. The van der Waals surface area contributed by atoms with Crippen LogP contribution in [0.2, 0.25) is 0 Å². The predicted octanol–water partition coefficient (Wildman–Crippen LogP) is 2.11. The predicted molar refractivity (Wildman–Crippen MR) is 97.8 cm³/mol. The zero-order chi connectivity index (χ0) is 17.2. The van der Waals surface area contributed by atoms with Gasteiger partial charge >= 0.3 is 0 Å². The number of carbonyl (C=O) groups excluding carboxylic acids is 2. The van der Waals surface area contributed by atoms with E-state index < -0.39 is 0 Å². The average Bonchev–Trinajstić information content (AvgIpc) is 3.25. The molecule has 0 aromatic heterocycles. The summed E-state index contributed by atoms with van der Waals surface area (Å²) in [5, 5.41) is 6.66. The van der Waals surface area contributed by atoms with Gasteiger partial charge in [-0.1, -0.05) is 19.8 Å². The Morgan fingerprint density at radius 2 is 1.96 bits per heavy atom. The van der Waals surface area contributed by atoms with E-state index in [1.165, 1.54) is 12.8 Å². The molecule has 2 aliphatic heterocycles. The Balaban J connectivity index is 1.49. The summed E-state index contributed by atoms with van der Waals surface area (Å²) in [6, 6.07) is 0.132. The molecule has 2 saturated heterocycles. The number of nitrogens with one attached hydrogen (secondary N) is 2. The summed E-state index contributed by atoms with van der Waals surface area (Å²) in [6.45, 7) is 5.79. The minimum Gasteiger partial charge on any atom is -0.352 e. The molecule has 6 heteroatoms. The lowest BCUT2D eigenvalue weighted by Gasteiger charge is -2.40. The Bertz CT molecular complexity index is 471. The van der Waals surface area contributed by atoms with Crippen molar-refractivity contribution in [3.8, 4) is 0 Å². The van der Waals surface area contributed by atoms with Crippen molar-refractivity contribution in [1.29, 1.82) is 0 Å². The lowest BCUT2D eigenvalue weighted by atomic mass is 10.00. The average molecular weight is 354 g/mol. The van der Waals surface area contributed by atoms with E-state index in [4.69, 9.17) is 0 Å². The van der Waals surface area contributed by atoms with Gasteiger partial charge in [-0.3, -0.25) is 14.9 Å². The molecule has 3 rings (SSSR count). The first-order valence-corrected chi connectivity index (χ1v) is 10.5. The molecule has 0 bridgehead atoms. The number of carbonyl (C=O) groups is 2. The van der Waals surface area contributed by atoms with E-state index in [2.05, 4.69) is 22.5 Å². The van der Waals surface area contributed by atoms with Gasteiger partial charge in [0.25, 0.3) is 0 Å². The summed E-state index contributed by atoms with van der Waals surface area (Å²) in [7, 11) is 0. The fourth-order valence-corrected chi connectivity index (χ4v) is 5.46. The topological polar surface area (TPSA) is 61.4 Å². The third-order valence-corrected chi connectivity index (χ3v) is 7.45. The van der Waals surface area contributed by atoms with Crippen LogP contribution >= 0.6 is 11.8 Å². The number of thioether (sulfide) groups is 1. The maximum Gasteiger partial charge on any atom is 0.238 e. The molecule has 2 amide bonds. The first kappa shape index (κ1) is 18.1. The van der Waals surface area contributed by atoms with E-state index in [9.17, 15) is 9.59 Å². The fraction of sp³-hybridized carbons (Fsp3) is 0.889. The second-order valence-corrected chi connectivity index (χ2v) is 9.03. The van der Waals surface area contributed by atoms with Crippen molar-refractivity contribution in [3.63, 3.8) is 0 Å². The van der Waals surface area contributed by atoms with Gasteiger partial charge in [0.15, 0.2) is 0 Å². The van der Waals surface area contributed by atoms with Crippen LogP contribution in [0.3, 0.4) is 0 Å². The van der Waals surface area contributed by atoms with Gasteiger partial charge in [-0.2, -0.15) is 0 Å². The van der Waals surface area contributed by atoms with Crippen LogP contribution in [0.1, 0.15) is 58.8 Å². The van der Waals surface area contributed by atoms with Gasteiger partial charge in [0.2, 0.25) is 11.8 Å². The standard InChI is InChI=1S/C18H31N3O2S/c1-3-13(2)19-16(22)15-12-24-18(20-15)8-10-21(11-9-18)17(23)14-6-4-5-7-14/h13-15,20H,3-12H2,1-2H3,(H,19,22). The molecule has 3 fully saturated rings. The highest BCUT2D eigenvalue weighted by Gasteiger charge is 2.45. The summed E-state index contributed by atoms with van der Waals surface area (Å²) < 4.78 is 0. The summed E-state index contributed by atoms with van der Waals surface area (Å²) in [4.78, 5) is 27.0. The molecule has 24 heavy (non-hydrogen) atoms. The summed E-state index contributed by atoms with van der Waals surface area (Å²) in [5.41, 5.74) is 0. The maximum atomic E-state index is 12.6. The maximum absolute atomic E-state index is 12.6. The second kappa shape index (κ2) is 7.65. The lowest BCUT2D eigenvalue weighted by molar-refractivity contribution is -0.136. The van der Waals surface area contributed by atoms with Crippen molar-refractivity contribution < 1.29 is 9.59 Å². The Morgan fingerprint density at radius 1 is 1.29 bits per heavy atom. The van der Waals surface area contributed by atoms with Crippen molar-refractivity contribution in [1.82, 2.24) is 15.5 Å². The fourth-order valence-electron chi connectivity index (χ4n) is 4.04. The van der Waals surface area contributed by atoms with E-state index >= 15 is 0 Å². The van der Waals surface area contributed by atoms with Crippen molar-refractivity contribution in [3.05, 3.63) is 0 Å². The third-order valence-electron chi connectivity index (χ3n) is 5.87. The molecule has 3 aliphatic rings. The molecular weight excluding hydrogens is 322 g/mol. The summed E-state index contributed by atoms with van der Waals surface area (Å²) >= 11 is 1.87. The van der Waals surface area contributed by atoms with Crippen molar-refractivity contribution in [2.75, 3.05) is 18.8 Å². The van der Waals surface area contributed by atoms with Crippen LogP contribution in [0, 0.1) is 5.92 Å². The molecule has 1 aliphatic carbocycles. The largest absolute Gasteiger partial charge is 0.352 e. The second-order valence-electron chi connectivity index (χ2n) is 7.63. The van der Waals surface area contributed by atoms with Crippen LogP contribution < -0.4 is 10.6 Å². The van der Waals surface area contributed by atoms with Crippen molar-refractivity contribution in [2.45, 2.75) is 75.7 Å². The van der Waals surface area contributed by atoms with Gasteiger partial charge in [-0.25, -0.2) is 0 Å². The number of rotatable bonds is 4. The molecule has 5 nitrogen and oxygen atoms in total. The minimum absolute atomic E-state index is 0.0100. The first-order valence-electron chi connectivity index (χ1n) is 9.54. The zero-order valence-electron chi connectivity index (χ0n) is 15.0. The number of hydrogen-bond donors (Lipinski definition) is 2. The molecule has 1 spiro atoms. The smallest absolute Gasteiger partial charge is 0.238 e. The number of likely N-dealkylation sites (tertiary alicyclic amines) is 1. The van der Waals surface area contributed by atoms with Gasteiger partial charge in [-0.15, -0.1) is 11.8 Å². The molecule has 136 valence electrons. The van der Waals surface area contributed by atoms with Crippen LogP contribution in [0.15, 0.2) is 0 Å². The van der Waals surface area contributed by atoms with E-state index in [1.807, 2.05) is 18.7 Å². The van der Waals surface area contributed by atoms with E-state index in [1.54, 1.807) is 0 Å². The van der Waals surface area contributed by atoms with Gasteiger partial charge in [-0.05, 0) is 39.0 Å². The molecule has 0 radical (unpaired) electrons. The van der Waals surface area contributed by atoms with E-state index in [0.29, 0.717) is 5.91 Å². The van der Waals surface area contributed by atoms with Crippen LogP contribution in [0.5, 0.6) is 0 Å². The molecule has 1 saturated carbocycles. The Labute approximate surface area is 149 Å². The summed E-state index contributed by atoms with van der Waals surface area (Å²) in [5.74, 6) is 1.60. The Hall–Kier alpha value is -0.750. The van der Waals surface area contributed by atoms with Crippen LogP contribution in [-0.4, -0.2) is 52.5 Å². The normalized spacial score (nSPS) is 28.2. The number of amides is 2. The Kier molecular flexibility index (Phi) is 5.75. The van der Waals surface area contributed by atoms with E-state index in [0.717, 1.165) is 50.9 Å². The molecule has 0 aromatic rings. The quantitative estimate of drug-likeness (QED) is 0.813. The van der Waals surface area contributed by atoms with Crippen LogP contribution in [0.4, 0.5) is 0 Å². The highest BCUT2D eigenvalue weighted by molar-refractivity contribution is 8.01. The zero-order valence-corrected chi connectivity index (χ0v) is 15.8. The molecule has 2 N–H and O–H groups in total. The molecule has 0 aromatic carbocycles. The highest BCUT2D eigenvalue weighted by atomic mass is 32.2. The van der Waals surface area contributed by atoms with Gasteiger partial charge in [0.05, 0.1) is 10.9 Å².